The molecule has 1 heterocycles. The number of carbonyl (C=O) groups is 2. The molecule has 7 heteroatoms. The number of nitrogens with one attached hydrogen (secondary N) is 2. The van der Waals surface area contributed by atoms with Crippen LogP contribution in [-0.4, -0.2) is 43.9 Å². The van der Waals surface area contributed by atoms with E-state index in [1.807, 2.05) is 31.1 Å². The molecule has 6 nitrogen and oxygen atoms in total. The number of amides is 2. The zero-order chi connectivity index (χ0) is 18.2. The van der Waals surface area contributed by atoms with Crippen molar-refractivity contribution in [1.82, 2.24) is 15.5 Å². The molecule has 0 bridgehead atoms. The molecule has 2 rings (SSSR count). The smallest absolute Gasteiger partial charge is 0.251 e. The Morgan fingerprint density at radius 2 is 1.88 bits per heavy atom. The normalized spacial score (nSPS) is 12.0. The summed E-state index contributed by atoms with van der Waals surface area (Å²) in [5, 5.41) is 6.15. The van der Waals surface area contributed by atoms with Crippen molar-refractivity contribution < 1.29 is 14.0 Å². The first-order valence-electron chi connectivity index (χ1n) is 7.97. The molecule has 1 aromatic heterocycles. The van der Waals surface area contributed by atoms with Gasteiger partial charge in [-0.25, -0.2) is 0 Å². The highest BCUT2D eigenvalue weighted by molar-refractivity contribution is 6.30. The van der Waals surface area contributed by atoms with Gasteiger partial charge in [0.25, 0.3) is 5.91 Å². The third-order valence-electron chi connectivity index (χ3n) is 3.73. The van der Waals surface area contributed by atoms with Crippen LogP contribution < -0.4 is 10.6 Å². The van der Waals surface area contributed by atoms with Gasteiger partial charge in [-0.05, 0) is 50.5 Å². The molecule has 0 spiro atoms. The average Bonchev–Trinajstić information content (AvgIpc) is 3.09. The van der Waals surface area contributed by atoms with E-state index in [0.717, 1.165) is 5.76 Å². The quantitative estimate of drug-likeness (QED) is 0.755. The van der Waals surface area contributed by atoms with Crippen molar-refractivity contribution in [3.8, 4) is 0 Å². The third-order valence-corrected chi connectivity index (χ3v) is 3.98. The van der Waals surface area contributed by atoms with Gasteiger partial charge in [0.2, 0.25) is 5.91 Å². The van der Waals surface area contributed by atoms with Crippen LogP contribution in [-0.2, 0) is 4.79 Å². The molecule has 2 N–H and O–H groups in total. The second kappa shape index (κ2) is 9.25. The van der Waals surface area contributed by atoms with Crippen LogP contribution in [0.3, 0.4) is 0 Å². The predicted octanol–water partition coefficient (Wildman–Crippen LogP) is 2.47. The summed E-state index contributed by atoms with van der Waals surface area (Å²) < 4.78 is 5.40. The minimum absolute atomic E-state index is 0.0393. The molecular weight excluding hydrogens is 342 g/mol. The Labute approximate surface area is 152 Å². The van der Waals surface area contributed by atoms with Gasteiger partial charge in [0, 0.05) is 30.1 Å². The van der Waals surface area contributed by atoms with Gasteiger partial charge in [0.05, 0.1) is 12.3 Å². The second-order valence-electron chi connectivity index (χ2n) is 5.81. The van der Waals surface area contributed by atoms with Gasteiger partial charge in [-0.2, -0.15) is 0 Å². The van der Waals surface area contributed by atoms with Crippen LogP contribution in [0.1, 0.15) is 28.6 Å². The lowest BCUT2D eigenvalue weighted by atomic mass is 10.2. The minimum atomic E-state index is -0.230. The minimum Gasteiger partial charge on any atom is -0.468 e. The summed E-state index contributed by atoms with van der Waals surface area (Å²) in [6.45, 7) is 0.700. The zero-order valence-corrected chi connectivity index (χ0v) is 15.0. The Kier molecular flexibility index (Phi) is 7.03. The highest BCUT2D eigenvalue weighted by Gasteiger charge is 2.17. The number of carbonyl (C=O) groups excluding carboxylic acids is 2. The van der Waals surface area contributed by atoms with Crippen molar-refractivity contribution in [3.05, 3.63) is 59.0 Å². The van der Waals surface area contributed by atoms with Crippen molar-refractivity contribution in [2.45, 2.75) is 12.5 Å². The molecule has 0 saturated heterocycles. The highest BCUT2D eigenvalue weighted by Crippen LogP contribution is 2.17. The number of hydrogen-bond donors (Lipinski definition) is 2. The van der Waals surface area contributed by atoms with Crippen molar-refractivity contribution in [1.29, 1.82) is 0 Å². The molecule has 0 saturated carbocycles. The fraction of sp³-hybridized carbons (Fsp3) is 0.333. The van der Waals surface area contributed by atoms with E-state index < -0.39 is 0 Å². The first-order chi connectivity index (χ1) is 12.0. The monoisotopic (exact) mass is 363 g/mol. The van der Waals surface area contributed by atoms with E-state index in [1.54, 1.807) is 30.5 Å². The maximum Gasteiger partial charge on any atom is 0.251 e. The molecule has 1 atom stereocenters. The van der Waals surface area contributed by atoms with Gasteiger partial charge < -0.3 is 15.1 Å². The summed E-state index contributed by atoms with van der Waals surface area (Å²) in [6, 6.07) is 10.2. The van der Waals surface area contributed by atoms with Gasteiger partial charge in [-0.15, -0.1) is 0 Å². The predicted molar refractivity (Wildman–Crippen MR) is 96.5 cm³/mol. The molecule has 1 aromatic carbocycles. The summed E-state index contributed by atoms with van der Waals surface area (Å²) in [5.41, 5.74) is 0.510. The fourth-order valence-electron chi connectivity index (χ4n) is 2.31. The van der Waals surface area contributed by atoms with E-state index in [4.69, 9.17) is 16.0 Å². The lowest BCUT2D eigenvalue weighted by Crippen LogP contribution is -2.36. The van der Waals surface area contributed by atoms with Gasteiger partial charge in [-0.1, -0.05) is 11.6 Å². The van der Waals surface area contributed by atoms with Crippen LogP contribution in [0.2, 0.25) is 5.02 Å². The van der Waals surface area contributed by atoms with Crippen LogP contribution in [0.5, 0.6) is 0 Å². The number of nitrogens with zero attached hydrogens (tertiary/aromatic N) is 1. The van der Waals surface area contributed by atoms with E-state index in [0.29, 0.717) is 17.1 Å². The standard InChI is InChI=1S/C18H22ClN3O3/c1-22(2)15(16-4-3-11-25-16)12-21-17(23)9-10-20-18(24)13-5-7-14(19)8-6-13/h3-8,11,15H,9-10,12H2,1-2H3,(H,20,24)(H,21,23)/t15-/m0/s1. The molecule has 0 radical (unpaired) electrons. The van der Waals surface area contributed by atoms with Crippen molar-refractivity contribution >= 4 is 23.4 Å². The maximum atomic E-state index is 12.0. The third kappa shape index (κ3) is 5.92. The summed E-state index contributed by atoms with van der Waals surface area (Å²) >= 11 is 5.79. The Hall–Kier alpha value is -2.31. The molecule has 0 aliphatic rings. The summed E-state index contributed by atoms with van der Waals surface area (Å²) in [7, 11) is 3.84. The Bertz CT molecular complexity index is 684. The van der Waals surface area contributed by atoms with Gasteiger partial charge >= 0.3 is 0 Å². The van der Waals surface area contributed by atoms with E-state index in [1.165, 1.54) is 0 Å². The molecule has 25 heavy (non-hydrogen) atoms. The summed E-state index contributed by atoms with van der Waals surface area (Å²) in [4.78, 5) is 25.9. The average molecular weight is 364 g/mol. The van der Waals surface area contributed by atoms with E-state index in [2.05, 4.69) is 10.6 Å². The molecule has 2 aromatic rings. The Morgan fingerprint density at radius 3 is 2.48 bits per heavy atom. The molecule has 0 fully saturated rings. The Morgan fingerprint density at radius 1 is 1.16 bits per heavy atom. The summed E-state index contributed by atoms with van der Waals surface area (Å²) in [5.74, 6) is 0.433. The molecule has 0 unspecified atom stereocenters. The lowest BCUT2D eigenvalue weighted by molar-refractivity contribution is -0.121. The number of rotatable bonds is 8. The highest BCUT2D eigenvalue weighted by atomic mass is 35.5. The molecular formula is C18H22ClN3O3. The number of halogens is 1. The van der Waals surface area contributed by atoms with E-state index >= 15 is 0 Å². The maximum absolute atomic E-state index is 12.0. The first kappa shape index (κ1) is 19.0. The molecule has 2 amide bonds. The van der Waals surface area contributed by atoms with Crippen LogP contribution in [0, 0.1) is 0 Å². The van der Waals surface area contributed by atoms with E-state index in [-0.39, 0.29) is 30.8 Å². The molecule has 134 valence electrons. The van der Waals surface area contributed by atoms with E-state index in [9.17, 15) is 9.59 Å². The molecule has 0 aliphatic heterocycles. The van der Waals surface area contributed by atoms with Crippen LogP contribution in [0.4, 0.5) is 0 Å². The number of furan rings is 1. The first-order valence-corrected chi connectivity index (χ1v) is 8.35. The SMILES string of the molecule is CN(C)[C@@H](CNC(=O)CCNC(=O)c1ccc(Cl)cc1)c1ccco1. The topological polar surface area (TPSA) is 74.6 Å². The largest absolute Gasteiger partial charge is 0.468 e. The lowest BCUT2D eigenvalue weighted by Gasteiger charge is -2.22. The fourth-order valence-corrected chi connectivity index (χ4v) is 2.44. The van der Waals surface area contributed by atoms with Gasteiger partial charge in [0.1, 0.15) is 5.76 Å². The zero-order valence-electron chi connectivity index (χ0n) is 14.3. The van der Waals surface area contributed by atoms with Crippen LogP contribution in [0.25, 0.3) is 0 Å². The Balaban J connectivity index is 1.73. The van der Waals surface area contributed by atoms with Crippen LogP contribution in [0.15, 0.2) is 47.1 Å². The summed E-state index contributed by atoms with van der Waals surface area (Å²) in [6.07, 6.45) is 1.82. The van der Waals surface area contributed by atoms with Gasteiger partial charge in [-0.3, -0.25) is 14.5 Å². The number of benzene rings is 1. The molecule has 0 aliphatic carbocycles. The van der Waals surface area contributed by atoms with Crippen molar-refractivity contribution in [2.24, 2.45) is 0 Å². The van der Waals surface area contributed by atoms with Crippen LogP contribution >= 0.6 is 11.6 Å². The number of hydrogen-bond acceptors (Lipinski definition) is 4. The second-order valence-corrected chi connectivity index (χ2v) is 6.25. The van der Waals surface area contributed by atoms with Gasteiger partial charge in [0.15, 0.2) is 0 Å². The van der Waals surface area contributed by atoms with Crippen molar-refractivity contribution in [3.63, 3.8) is 0 Å². The number of likely N-dealkylation sites (N-methyl/N-ethyl adjacent to an activating group) is 1. The van der Waals surface area contributed by atoms with Crippen molar-refractivity contribution in [2.75, 3.05) is 27.2 Å².